The first-order valence-corrected chi connectivity index (χ1v) is 15.3. The molecule has 2 N–H and O–H groups in total. The Hall–Kier alpha value is -2.07. The molecule has 1 aliphatic heterocycles. The number of methoxy groups -OCH3 is 1. The maximum Gasteiger partial charge on any atom is 0.411 e. The Kier molecular flexibility index (Phi) is 11.3. The van der Waals surface area contributed by atoms with Crippen LogP contribution in [0.3, 0.4) is 0 Å². The van der Waals surface area contributed by atoms with Crippen molar-refractivity contribution in [2.24, 2.45) is 5.92 Å². The normalized spacial score (nSPS) is 19.2. The Labute approximate surface area is 229 Å². The number of amides is 3. The van der Waals surface area contributed by atoms with Gasteiger partial charge >= 0.3 is 6.09 Å². The second kappa shape index (κ2) is 14.2. The summed E-state index contributed by atoms with van der Waals surface area (Å²) in [5.74, 6) is 3.21. The highest BCUT2D eigenvalue weighted by atomic mass is 32.2. The van der Waals surface area contributed by atoms with Gasteiger partial charge < -0.3 is 20.1 Å². The van der Waals surface area contributed by atoms with E-state index in [1.165, 1.54) is 48.8 Å². The molecule has 1 aromatic rings. The minimum atomic E-state index is -0.689. The van der Waals surface area contributed by atoms with E-state index >= 15 is 0 Å². The van der Waals surface area contributed by atoms with Gasteiger partial charge in [-0.25, -0.2) is 4.79 Å². The van der Waals surface area contributed by atoms with Gasteiger partial charge in [0.15, 0.2) is 0 Å². The molecule has 2 fully saturated rings. The third kappa shape index (κ3) is 9.63. The minimum Gasteiger partial charge on any atom is -0.497 e. The van der Waals surface area contributed by atoms with E-state index in [1.54, 1.807) is 39.6 Å². The van der Waals surface area contributed by atoms with Crippen LogP contribution in [0.1, 0.15) is 58.4 Å². The number of ether oxygens (including phenoxy) is 2. The molecule has 3 amide bonds. The van der Waals surface area contributed by atoms with Crippen LogP contribution in [0.2, 0.25) is 0 Å². The van der Waals surface area contributed by atoms with Gasteiger partial charge in [0, 0.05) is 18.1 Å². The van der Waals surface area contributed by atoms with Crippen molar-refractivity contribution in [3.05, 3.63) is 29.8 Å². The summed E-state index contributed by atoms with van der Waals surface area (Å²) in [7, 11) is 1.61. The average Bonchev–Trinajstić information content (AvgIpc) is 3.37. The van der Waals surface area contributed by atoms with Gasteiger partial charge in [-0.15, -0.1) is 11.8 Å². The summed E-state index contributed by atoms with van der Waals surface area (Å²) in [6, 6.07) is 6.15. The van der Waals surface area contributed by atoms with Gasteiger partial charge in [-0.3, -0.25) is 14.5 Å². The highest BCUT2D eigenvalue weighted by Gasteiger charge is 2.38. The van der Waals surface area contributed by atoms with Gasteiger partial charge in [0.05, 0.1) is 13.0 Å². The zero-order valence-corrected chi connectivity index (χ0v) is 24.1. The van der Waals surface area contributed by atoms with Crippen molar-refractivity contribution < 1.29 is 23.9 Å². The Bertz CT molecular complexity index is 900. The molecular formula is C27H41N3O5S2. The van der Waals surface area contributed by atoms with Crippen molar-refractivity contribution >= 4 is 41.4 Å². The number of nitrogens with one attached hydrogen (secondary N) is 2. The first-order valence-electron chi connectivity index (χ1n) is 13.0. The molecule has 1 saturated carbocycles. The molecule has 2 atom stereocenters. The van der Waals surface area contributed by atoms with E-state index in [9.17, 15) is 14.4 Å². The molecule has 10 heteroatoms. The van der Waals surface area contributed by atoms with Crippen LogP contribution in [0, 0.1) is 5.92 Å². The Balaban J connectivity index is 1.61. The number of carbonyl (C=O) groups excluding carboxylic acids is 3. The Morgan fingerprint density at radius 1 is 1.14 bits per heavy atom. The van der Waals surface area contributed by atoms with Crippen LogP contribution in [-0.2, 0) is 20.9 Å². The van der Waals surface area contributed by atoms with Crippen LogP contribution in [0.5, 0.6) is 5.75 Å². The highest BCUT2D eigenvalue weighted by molar-refractivity contribution is 7.99. The molecule has 1 aromatic carbocycles. The van der Waals surface area contributed by atoms with Crippen molar-refractivity contribution in [1.29, 1.82) is 0 Å². The van der Waals surface area contributed by atoms with Crippen molar-refractivity contribution in [3.63, 3.8) is 0 Å². The molecule has 1 saturated heterocycles. The van der Waals surface area contributed by atoms with Crippen LogP contribution in [0.4, 0.5) is 4.79 Å². The first-order chi connectivity index (χ1) is 17.7. The number of hydrogen-bond donors (Lipinski definition) is 2. The molecule has 0 aromatic heterocycles. The summed E-state index contributed by atoms with van der Waals surface area (Å²) < 4.78 is 10.7. The van der Waals surface area contributed by atoms with Gasteiger partial charge in [0.25, 0.3) is 0 Å². The lowest BCUT2D eigenvalue weighted by molar-refractivity contribution is -0.130. The molecular weight excluding hydrogens is 510 g/mol. The topological polar surface area (TPSA) is 97.0 Å². The number of thioether (sulfide) groups is 2. The Morgan fingerprint density at radius 3 is 2.49 bits per heavy atom. The lowest BCUT2D eigenvalue weighted by Gasteiger charge is -2.28. The molecule has 0 spiro atoms. The van der Waals surface area contributed by atoms with Crippen molar-refractivity contribution in [1.82, 2.24) is 15.5 Å². The average molecular weight is 552 g/mol. The van der Waals surface area contributed by atoms with E-state index in [4.69, 9.17) is 9.47 Å². The van der Waals surface area contributed by atoms with E-state index in [0.29, 0.717) is 29.8 Å². The van der Waals surface area contributed by atoms with Crippen LogP contribution in [0.25, 0.3) is 0 Å². The minimum absolute atomic E-state index is 0.227. The molecule has 206 valence electrons. The fraction of sp³-hybridized carbons (Fsp3) is 0.667. The van der Waals surface area contributed by atoms with Crippen molar-refractivity contribution in [3.8, 4) is 5.75 Å². The van der Waals surface area contributed by atoms with Gasteiger partial charge in [-0.05, 0) is 63.0 Å². The predicted molar refractivity (Wildman–Crippen MR) is 150 cm³/mol. The van der Waals surface area contributed by atoms with E-state index < -0.39 is 23.8 Å². The van der Waals surface area contributed by atoms with Crippen molar-refractivity contribution in [2.75, 3.05) is 30.2 Å². The van der Waals surface area contributed by atoms with E-state index in [2.05, 4.69) is 10.6 Å². The van der Waals surface area contributed by atoms with Crippen LogP contribution >= 0.6 is 23.5 Å². The monoisotopic (exact) mass is 551 g/mol. The third-order valence-electron chi connectivity index (χ3n) is 6.43. The van der Waals surface area contributed by atoms with E-state index in [-0.39, 0.29) is 11.8 Å². The molecule has 2 aliphatic rings. The second-order valence-electron chi connectivity index (χ2n) is 10.6. The van der Waals surface area contributed by atoms with Crippen LogP contribution in [0.15, 0.2) is 24.3 Å². The molecule has 1 aliphatic carbocycles. The molecule has 0 unspecified atom stereocenters. The Morgan fingerprint density at radius 2 is 1.84 bits per heavy atom. The predicted octanol–water partition coefficient (Wildman–Crippen LogP) is 4.42. The van der Waals surface area contributed by atoms with E-state index in [0.717, 1.165) is 17.1 Å². The quantitative estimate of drug-likeness (QED) is 0.444. The smallest absolute Gasteiger partial charge is 0.411 e. The van der Waals surface area contributed by atoms with Crippen LogP contribution in [-0.4, -0.2) is 70.7 Å². The SMILES string of the molecule is COc1ccc(CNC(=O)[C@H](CSCC2CCCCC2)NC(=O)[C@@H]2CSCN2C(=O)OC(C)(C)C)cc1. The highest BCUT2D eigenvalue weighted by Crippen LogP contribution is 2.27. The zero-order valence-electron chi connectivity index (χ0n) is 22.4. The first kappa shape index (κ1) is 29.5. The number of nitrogens with zero attached hydrogens (tertiary/aromatic N) is 1. The fourth-order valence-electron chi connectivity index (χ4n) is 4.37. The van der Waals surface area contributed by atoms with Crippen molar-refractivity contribution in [2.45, 2.75) is 77.1 Å². The molecule has 1 heterocycles. The summed E-state index contributed by atoms with van der Waals surface area (Å²) >= 11 is 3.22. The van der Waals surface area contributed by atoms with Crippen LogP contribution < -0.4 is 15.4 Å². The summed E-state index contributed by atoms with van der Waals surface area (Å²) in [5.41, 5.74) is 0.294. The molecule has 0 radical (unpaired) electrons. The number of benzene rings is 1. The summed E-state index contributed by atoms with van der Waals surface area (Å²) in [4.78, 5) is 40.6. The second-order valence-corrected chi connectivity index (χ2v) is 12.7. The standard InChI is InChI=1S/C27H41N3O5S2/c1-27(2,3)35-26(33)30-18-37-17-23(30)25(32)29-22(16-36-15-20-8-6-5-7-9-20)24(31)28-14-19-10-12-21(34-4)13-11-19/h10-13,20,22-23H,5-9,14-18H2,1-4H3,(H,28,31)(H,29,32)/t22-,23-/m0/s1. The molecule has 3 rings (SSSR count). The lowest BCUT2D eigenvalue weighted by Crippen LogP contribution is -2.55. The van der Waals surface area contributed by atoms with Gasteiger partial charge in [-0.2, -0.15) is 11.8 Å². The largest absolute Gasteiger partial charge is 0.497 e. The molecule has 37 heavy (non-hydrogen) atoms. The summed E-state index contributed by atoms with van der Waals surface area (Å²) in [5, 5.41) is 5.91. The zero-order chi connectivity index (χ0) is 26.8. The number of carbonyl (C=O) groups is 3. The summed E-state index contributed by atoms with van der Waals surface area (Å²) in [6.45, 7) is 5.76. The van der Waals surface area contributed by atoms with E-state index in [1.807, 2.05) is 24.3 Å². The molecule has 0 bridgehead atoms. The fourth-order valence-corrected chi connectivity index (χ4v) is 6.79. The van der Waals surface area contributed by atoms with Gasteiger partial charge in [-0.1, -0.05) is 31.4 Å². The maximum absolute atomic E-state index is 13.3. The maximum atomic E-state index is 13.3. The number of hydrogen-bond acceptors (Lipinski definition) is 7. The lowest BCUT2D eigenvalue weighted by atomic mass is 9.91. The van der Waals surface area contributed by atoms with Gasteiger partial charge in [0.1, 0.15) is 23.4 Å². The number of rotatable bonds is 10. The molecule has 8 nitrogen and oxygen atoms in total. The summed E-state index contributed by atoms with van der Waals surface area (Å²) in [6.07, 6.45) is 5.81. The third-order valence-corrected chi connectivity index (χ3v) is 8.72. The van der Waals surface area contributed by atoms with Gasteiger partial charge in [0.2, 0.25) is 11.8 Å².